The van der Waals surface area contributed by atoms with E-state index in [4.69, 9.17) is 0 Å². The third-order valence-electron chi connectivity index (χ3n) is 3.78. The van der Waals surface area contributed by atoms with Gasteiger partial charge in [-0.1, -0.05) is 52.3 Å². The average Bonchev–Trinajstić information content (AvgIpc) is 2.82. The number of fused-ring (bicyclic) bond motifs is 2. The van der Waals surface area contributed by atoms with Crippen molar-refractivity contribution in [3.63, 3.8) is 0 Å². The van der Waals surface area contributed by atoms with Crippen LogP contribution in [-0.4, -0.2) is 11.5 Å². The molecule has 1 atom stereocenters. The molecule has 20 heavy (non-hydrogen) atoms. The van der Waals surface area contributed by atoms with E-state index in [9.17, 15) is 0 Å². The molecule has 1 unspecified atom stereocenters. The predicted octanol–water partition coefficient (Wildman–Crippen LogP) is 5.74. The van der Waals surface area contributed by atoms with E-state index >= 15 is 0 Å². The van der Waals surface area contributed by atoms with Crippen LogP contribution in [-0.2, 0) is 0 Å². The molecule has 1 heterocycles. The van der Waals surface area contributed by atoms with Crippen molar-refractivity contribution in [3.05, 3.63) is 74.6 Å². The summed E-state index contributed by atoms with van der Waals surface area (Å²) in [5, 5.41) is 0. The van der Waals surface area contributed by atoms with Crippen LogP contribution in [0, 0.1) is 0 Å². The van der Waals surface area contributed by atoms with Gasteiger partial charge in [0, 0.05) is 31.7 Å². The van der Waals surface area contributed by atoms with Gasteiger partial charge in [0.05, 0.1) is 0 Å². The molecule has 1 aliphatic heterocycles. The van der Waals surface area contributed by atoms with Crippen molar-refractivity contribution in [1.82, 2.24) is 0 Å². The van der Waals surface area contributed by atoms with E-state index in [1.807, 2.05) is 23.5 Å². The van der Waals surface area contributed by atoms with Crippen LogP contribution >= 0.6 is 39.5 Å². The van der Waals surface area contributed by atoms with Crippen LogP contribution in [0.15, 0.2) is 57.9 Å². The van der Waals surface area contributed by atoms with Crippen molar-refractivity contribution in [2.24, 2.45) is 0 Å². The van der Waals surface area contributed by atoms with E-state index in [1.165, 1.54) is 37.6 Å². The molecular formula is C17H13BrS2. The van der Waals surface area contributed by atoms with Gasteiger partial charge < -0.3 is 0 Å². The highest BCUT2D eigenvalue weighted by atomic mass is 79.9. The van der Waals surface area contributed by atoms with Gasteiger partial charge in [-0.05, 0) is 28.8 Å². The molecule has 4 rings (SSSR count). The summed E-state index contributed by atoms with van der Waals surface area (Å²) in [4.78, 5) is 3.06. The van der Waals surface area contributed by atoms with E-state index in [1.54, 1.807) is 4.91 Å². The number of allylic oxidation sites excluding steroid dienone is 1. The highest BCUT2D eigenvalue weighted by Gasteiger charge is 2.34. The molecule has 0 fully saturated rings. The molecule has 1 aliphatic carbocycles. The molecule has 2 aliphatic rings. The molecule has 0 aromatic heterocycles. The van der Waals surface area contributed by atoms with Crippen molar-refractivity contribution >= 4 is 44.4 Å². The summed E-state index contributed by atoms with van der Waals surface area (Å²) in [7, 11) is 0. The number of rotatable bonds is 1. The van der Waals surface area contributed by atoms with Gasteiger partial charge in [0.2, 0.25) is 0 Å². The quantitative estimate of drug-likeness (QED) is 0.635. The van der Waals surface area contributed by atoms with Crippen LogP contribution in [0.3, 0.4) is 0 Å². The lowest BCUT2D eigenvalue weighted by Gasteiger charge is -2.19. The molecule has 0 amide bonds. The van der Waals surface area contributed by atoms with Crippen LogP contribution in [0.2, 0.25) is 0 Å². The maximum Gasteiger partial charge on any atom is 0.0417 e. The van der Waals surface area contributed by atoms with Crippen LogP contribution < -0.4 is 0 Å². The molecule has 100 valence electrons. The van der Waals surface area contributed by atoms with Crippen molar-refractivity contribution in [2.45, 2.75) is 5.92 Å². The molecule has 0 radical (unpaired) electrons. The Morgan fingerprint density at radius 1 is 0.950 bits per heavy atom. The molecule has 2 aromatic rings. The lowest BCUT2D eigenvalue weighted by Crippen LogP contribution is -2.01. The van der Waals surface area contributed by atoms with Gasteiger partial charge in [-0.25, -0.2) is 0 Å². The number of benzene rings is 2. The van der Waals surface area contributed by atoms with E-state index in [0.717, 1.165) is 0 Å². The Kier molecular flexibility index (Phi) is 3.45. The normalized spacial score (nSPS) is 20.8. The van der Waals surface area contributed by atoms with Gasteiger partial charge in [0.15, 0.2) is 0 Å². The summed E-state index contributed by atoms with van der Waals surface area (Å²) in [5.41, 5.74) is 4.31. The van der Waals surface area contributed by atoms with Gasteiger partial charge in [0.1, 0.15) is 0 Å². The highest BCUT2D eigenvalue weighted by molar-refractivity contribution is 9.10. The minimum Gasteiger partial charge on any atom is -0.128 e. The van der Waals surface area contributed by atoms with Crippen LogP contribution in [0.4, 0.5) is 0 Å². The summed E-state index contributed by atoms with van der Waals surface area (Å²) >= 11 is 7.68. The van der Waals surface area contributed by atoms with E-state index < -0.39 is 0 Å². The van der Waals surface area contributed by atoms with Crippen molar-refractivity contribution < 1.29 is 0 Å². The summed E-state index contributed by atoms with van der Waals surface area (Å²) in [5.74, 6) is 2.88. The Bertz CT molecular complexity index is 691. The maximum atomic E-state index is 3.62. The monoisotopic (exact) mass is 360 g/mol. The summed E-state index contributed by atoms with van der Waals surface area (Å²) in [6.45, 7) is 0. The minimum atomic E-state index is 0.437. The van der Waals surface area contributed by atoms with Crippen LogP contribution in [0.1, 0.15) is 22.6 Å². The molecule has 3 heteroatoms. The van der Waals surface area contributed by atoms with Crippen molar-refractivity contribution in [3.8, 4) is 0 Å². The zero-order valence-electron chi connectivity index (χ0n) is 10.8. The fourth-order valence-corrected chi connectivity index (χ4v) is 6.02. The molecule has 2 aromatic carbocycles. The smallest absolute Gasteiger partial charge is 0.0417 e. The van der Waals surface area contributed by atoms with Gasteiger partial charge >= 0.3 is 0 Å². The zero-order chi connectivity index (χ0) is 13.5. The third-order valence-corrected chi connectivity index (χ3v) is 6.95. The van der Waals surface area contributed by atoms with Gasteiger partial charge in [-0.15, -0.1) is 23.5 Å². The van der Waals surface area contributed by atoms with E-state index in [2.05, 4.69) is 64.5 Å². The second kappa shape index (κ2) is 5.28. The molecule has 0 nitrogen and oxygen atoms in total. The zero-order valence-corrected chi connectivity index (χ0v) is 14.0. The lowest BCUT2D eigenvalue weighted by molar-refractivity contribution is 1.03. The number of thioether (sulfide) groups is 2. The van der Waals surface area contributed by atoms with Gasteiger partial charge in [0.25, 0.3) is 0 Å². The van der Waals surface area contributed by atoms with Crippen LogP contribution in [0.5, 0.6) is 0 Å². The summed E-state index contributed by atoms with van der Waals surface area (Å²) < 4.78 is 1.17. The fourth-order valence-electron chi connectivity index (χ4n) is 2.95. The van der Waals surface area contributed by atoms with Crippen molar-refractivity contribution in [2.75, 3.05) is 11.5 Å². The van der Waals surface area contributed by atoms with Gasteiger partial charge in [-0.3, -0.25) is 0 Å². The van der Waals surface area contributed by atoms with Crippen LogP contribution in [0.25, 0.3) is 4.91 Å². The average molecular weight is 361 g/mol. The molecule has 0 spiro atoms. The standard InChI is InChI=1S/C17H13BrS2/c18-12-6-7-13-14(10-12)16-17(20-9-8-19-16)15(13)11-4-2-1-3-5-11/h1-7,10,15H,8-9H2. The Hall–Kier alpha value is -0.640. The first kappa shape index (κ1) is 13.1. The first-order chi connectivity index (χ1) is 9.84. The number of hydrogen-bond acceptors (Lipinski definition) is 2. The Morgan fingerprint density at radius 3 is 2.60 bits per heavy atom. The Labute approximate surface area is 136 Å². The predicted molar refractivity (Wildman–Crippen MR) is 94.3 cm³/mol. The first-order valence-corrected chi connectivity index (χ1v) is 9.45. The van der Waals surface area contributed by atoms with E-state index in [0.29, 0.717) is 5.92 Å². The largest absolute Gasteiger partial charge is 0.128 e. The lowest BCUT2D eigenvalue weighted by atomic mass is 9.93. The number of hydrogen-bond donors (Lipinski definition) is 0. The fraction of sp³-hybridized carbons (Fsp3) is 0.176. The molecule has 0 saturated heterocycles. The molecular weight excluding hydrogens is 348 g/mol. The topological polar surface area (TPSA) is 0 Å². The molecule has 0 bridgehead atoms. The Balaban J connectivity index is 1.93. The Morgan fingerprint density at radius 2 is 1.75 bits per heavy atom. The van der Waals surface area contributed by atoms with E-state index in [-0.39, 0.29) is 0 Å². The highest BCUT2D eigenvalue weighted by Crippen LogP contribution is 2.56. The summed E-state index contributed by atoms with van der Waals surface area (Å²) in [6.07, 6.45) is 0. The van der Waals surface area contributed by atoms with Crippen molar-refractivity contribution in [1.29, 1.82) is 0 Å². The third kappa shape index (κ3) is 2.07. The molecule has 0 N–H and O–H groups in total. The second-order valence-corrected chi connectivity index (χ2v) is 8.12. The summed E-state index contributed by atoms with van der Waals surface area (Å²) in [6, 6.07) is 17.6. The molecule has 0 saturated carbocycles. The minimum absolute atomic E-state index is 0.437. The first-order valence-electron chi connectivity index (χ1n) is 6.69. The second-order valence-electron chi connectivity index (χ2n) is 4.97. The number of halogens is 1. The van der Waals surface area contributed by atoms with Gasteiger partial charge in [-0.2, -0.15) is 0 Å². The SMILES string of the molecule is Brc1ccc2c(c1)C1=C(SCCS1)C2c1ccccc1. The maximum absolute atomic E-state index is 3.62.